The van der Waals surface area contributed by atoms with Crippen LogP contribution in [0.4, 0.5) is 11.6 Å². The number of aryl methyl sites for hydroxylation is 2. The van der Waals surface area contributed by atoms with E-state index in [1.165, 1.54) is 13.1 Å². The Kier molecular flexibility index (Phi) is 3.78. The SMILES string of the molecule is Cc1cc(N[C@H]2CCN(c3cc(=O)n(C)c(=O)[nH]3)C2)n2ncc(C)c2n1. The second-order valence-corrected chi connectivity index (χ2v) is 6.78. The zero-order valence-corrected chi connectivity index (χ0v) is 15.0. The molecule has 1 aliphatic rings. The second-order valence-electron chi connectivity index (χ2n) is 6.78. The fourth-order valence-electron chi connectivity index (χ4n) is 3.32. The number of fused-ring (bicyclic) bond motifs is 1. The summed E-state index contributed by atoms with van der Waals surface area (Å²) in [6.07, 6.45) is 2.69. The van der Waals surface area contributed by atoms with Gasteiger partial charge in [0.05, 0.1) is 6.20 Å². The molecule has 4 rings (SSSR count). The zero-order valence-electron chi connectivity index (χ0n) is 15.0. The molecule has 26 heavy (non-hydrogen) atoms. The van der Waals surface area contributed by atoms with Crippen molar-refractivity contribution < 1.29 is 0 Å². The molecule has 0 bridgehead atoms. The van der Waals surface area contributed by atoms with Crippen LogP contribution in [0.5, 0.6) is 0 Å². The summed E-state index contributed by atoms with van der Waals surface area (Å²) in [6, 6.07) is 3.62. The van der Waals surface area contributed by atoms with Gasteiger partial charge in [0.1, 0.15) is 11.6 Å². The van der Waals surface area contributed by atoms with Gasteiger partial charge in [-0.3, -0.25) is 14.3 Å². The molecule has 1 atom stereocenters. The first-order valence-electron chi connectivity index (χ1n) is 8.56. The quantitative estimate of drug-likeness (QED) is 0.706. The standard InChI is InChI=1S/C17H21N7O2/c1-10-8-18-24-14(6-11(2)19-16(10)24)20-12-4-5-23(9-12)13-7-15(25)22(3)17(26)21-13/h6-8,12,20H,4-5,9H2,1-3H3,(H,21,26)/t12-/m0/s1. The average Bonchev–Trinajstić information content (AvgIpc) is 3.20. The number of aromatic amines is 1. The third-order valence-corrected chi connectivity index (χ3v) is 4.79. The summed E-state index contributed by atoms with van der Waals surface area (Å²) < 4.78 is 2.87. The van der Waals surface area contributed by atoms with Crippen LogP contribution in [-0.2, 0) is 7.05 Å². The van der Waals surface area contributed by atoms with Gasteiger partial charge in [0, 0.05) is 49.6 Å². The molecule has 4 heterocycles. The van der Waals surface area contributed by atoms with E-state index in [4.69, 9.17) is 0 Å². The van der Waals surface area contributed by atoms with Crippen LogP contribution in [0, 0.1) is 13.8 Å². The zero-order chi connectivity index (χ0) is 18.4. The van der Waals surface area contributed by atoms with Crippen LogP contribution in [0.2, 0.25) is 0 Å². The fourth-order valence-corrected chi connectivity index (χ4v) is 3.32. The highest BCUT2D eigenvalue weighted by molar-refractivity contribution is 5.54. The third kappa shape index (κ3) is 2.75. The number of anilines is 2. The van der Waals surface area contributed by atoms with Crippen molar-refractivity contribution in [3.8, 4) is 0 Å². The largest absolute Gasteiger partial charge is 0.365 e. The number of hydrogen-bond acceptors (Lipinski definition) is 6. The minimum absolute atomic E-state index is 0.178. The van der Waals surface area contributed by atoms with E-state index < -0.39 is 5.69 Å². The maximum absolute atomic E-state index is 11.9. The highest BCUT2D eigenvalue weighted by Crippen LogP contribution is 2.21. The third-order valence-electron chi connectivity index (χ3n) is 4.79. The average molecular weight is 355 g/mol. The van der Waals surface area contributed by atoms with Crippen LogP contribution in [0.25, 0.3) is 5.65 Å². The molecule has 9 nitrogen and oxygen atoms in total. The highest BCUT2D eigenvalue weighted by atomic mass is 16.2. The normalized spacial score (nSPS) is 17.2. The molecule has 2 N–H and O–H groups in total. The van der Waals surface area contributed by atoms with Crippen molar-refractivity contribution in [3.05, 3.63) is 50.4 Å². The van der Waals surface area contributed by atoms with E-state index in [1.807, 2.05) is 29.3 Å². The van der Waals surface area contributed by atoms with E-state index in [9.17, 15) is 9.59 Å². The lowest BCUT2D eigenvalue weighted by Gasteiger charge is -2.19. The van der Waals surface area contributed by atoms with Crippen LogP contribution in [-0.4, -0.2) is 43.3 Å². The molecule has 1 fully saturated rings. The van der Waals surface area contributed by atoms with Crippen molar-refractivity contribution in [2.45, 2.75) is 26.3 Å². The van der Waals surface area contributed by atoms with Gasteiger partial charge in [-0.1, -0.05) is 0 Å². The maximum Gasteiger partial charge on any atom is 0.329 e. The van der Waals surface area contributed by atoms with E-state index in [0.717, 1.165) is 40.3 Å². The van der Waals surface area contributed by atoms with E-state index in [0.29, 0.717) is 12.4 Å². The van der Waals surface area contributed by atoms with E-state index in [2.05, 4.69) is 20.4 Å². The summed E-state index contributed by atoms with van der Waals surface area (Å²) in [5.74, 6) is 1.46. The molecule has 9 heteroatoms. The molecular weight excluding hydrogens is 334 g/mol. The molecule has 0 aliphatic carbocycles. The highest BCUT2D eigenvalue weighted by Gasteiger charge is 2.24. The first-order valence-corrected chi connectivity index (χ1v) is 8.56. The number of aromatic nitrogens is 5. The molecule has 3 aromatic heterocycles. The van der Waals surface area contributed by atoms with Crippen molar-refractivity contribution in [2.75, 3.05) is 23.3 Å². The van der Waals surface area contributed by atoms with Crippen LogP contribution in [0.1, 0.15) is 17.7 Å². The first kappa shape index (κ1) is 16.4. The number of nitrogens with zero attached hydrogens (tertiary/aromatic N) is 5. The van der Waals surface area contributed by atoms with Crippen LogP contribution in [0.3, 0.4) is 0 Å². The Hall–Kier alpha value is -3.10. The van der Waals surface area contributed by atoms with Gasteiger partial charge in [0.15, 0.2) is 5.65 Å². The monoisotopic (exact) mass is 355 g/mol. The van der Waals surface area contributed by atoms with Crippen molar-refractivity contribution in [1.29, 1.82) is 0 Å². The molecule has 1 saturated heterocycles. The Balaban J connectivity index is 1.57. The molecule has 1 aliphatic heterocycles. The number of H-pyrrole nitrogens is 1. The Bertz CT molecular complexity index is 1060. The Morgan fingerprint density at radius 2 is 2.08 bits per heavy atom. The predicted molar refractivity (Wildman–Crippen MR) is 99.0 cm³/mol. The summed E-state index contributed by atoms with van der Waals surface area (Å²) in [5.41, 5.74) is 2.09. The molecule has 0 aromatic carbocycles. The van der Waals surface area contributed by atoms with Gasteiger partial charge in [0.25, 0.3) is 5.56 Å². The van der Waals surface area contributed by atoms with Crippen molar-refractivity contribution in [3.63, 3.8) is 0 Å². The van der Waals surface area contributed by atoms with Gasteiger partial charge in [-0.2, -0.15) is 9.61 Å². The Morgan fingerprint density at radius 1 is 1.27 bits per heavy atom. The van der Waals surface area contributed by atoms with Gasteiger partial charge in [-0.05, 0) is 20.3 Å². The van der Waals surface area contributed by atoms with Gasteiger partial charge >= 0.3 is 5.69 Å². The molecule has 0 unspecified atom stereocenters. The Labute approximate surface area is 149 Å². The maximum atomic E-state index is 11.9. The molecule has 0 spiro atoms. The van der Waals surface area contributed by atoms with Gasteiger partial charge < -0.3 is 10.2 Å². The van der Waals surface area contributed by atoms with Crippen LogP contribution < -0.4 is 21.5 Å². The number of rotatable bonds is 3. The van der Waals surface area contributed by atoms with Gasteiger partial charge in [-0.15, -0.1) is 0 Å². The summed E-state index contributed by atoms with van der Waals surface area (Å²) in [6.45, 7) is 5.39. The lowest BCUT2D eigenvalue weighted by atomic mass is 10.2. The fraction of sp³-hybridized carbons (Fsp3) is 0.412. The molecule has 0 saturated carbocycles. The van der Waals surface area contributed by atoms with Crippen molar-refractivity contribution in [2.24, 2.45) is 7.05 Å². The van der Waals surface area contributed by atoms with Crippen LogP contribution >= 0.6 is 0 Å². The van der Waals surface area contributed by atoms with Gasteiger partial charge in [-0.25, -0.2) is 9.78 Å². The van der Waals surface area contributed by atoms with E-state index in [1.54, 1.807) is 6.20 Å². The summed E-state index contributed by atoms with van der Waals surface area (Å²) in [4.78, 5) is 33.0. The Morgan fingerprint density at radius 3 is 2.85 bits per heavy atom. The van der Waals surface area contributed by atoms with E-state index >= 15 is 0 Å². The minimum atomic E-state index is -0.401. The van der Waals surface area contributed by atoms with Crippen LogP contribution in [0.15, 0.2) is 27.9 Å². The predicted octanol–water partition coefficient (Wildman–Crippen LogP) is 0.424. The summed E-state index contributed by atoms with van der Waals surface area (Å²) >= 11 is 0. The lowest BCUT2D eigenvalue weighted by Crippen LogP contribution is -2.35. The summed E-state index contributed by atoms with van der Waals surface area (Å²) in [5, 5.41) is 7.92. The number of nitrogens with one attached hydrogen (secondary N) is 2. The number of hydrogen-bond donors (Lipinski definition) is 2. The minimum Gasteiger partial charge on any atom is -0.365 e. The van der Waals surface area contributed by atoms with Crippen molar-refractivity contribution in [1.82, 2.24) is 24.1 Å². The molecule has 136 valence electrons. The smallest absolute Gasteiger partial charge is 0.329 e. The molecule has 0 amide bonds. The topological polar surface area (TPSA) is 100 Å². The second kappa shape index (κ2) is 6.01. The summed E-state index contributed by atoms with van der Waals surface area (Å²) in [7, 11) is 1.46. The lowest BCUT2D eigenvalue weighted by molar-refractivity contribution is 0.759. The van der Waals surface area contributed by atoms with Crippen molar-refractivity contribution >= 4 is 17.3 Å². The van der Waals surface area contributed by atoms with Gasteiger partial charge in [0.2, 0.25) is 0 Å². The molecule has 0 radical (unpaired) electrons. The first-order chi connectivity index (χ1) is 12.4. The van der Waals surface area contributed by atoms with E-state index in [-0.39, 0.29) is 11.6 Å². The molecular formula is C17H21N7O2. The molecule has 3 aromatic rings.